The minimum atomic E-state index is -0.722. The molecule has 1 heterocycles. The molecule has 0 aliphatic carbocycles. The predicted octanol–water partition coefficient (Wildman–Crippen LogP) is 1.81. The summed E-state index contributed by atoms with van der Waals surface area (Å²) < 4.78 is 10.9. The highest BCUT2D eigenvalue weighted by molar-refractivity contribution is 7.84. The van der Waals surface area contributed by atoms with Crippen molar-refractivity contribution >= 4 is 27.7 Å². The molecule has 90 valence electrons. The largest absolute Gasteiger partial charge is 0.369 e. The molecule has 0 aliphatic rings. The Morgan fingerprint density at radius 3 is 2.82 bits per heavy atom. The molecule has 1 N–H and O–H groups in total. The van der Waals surface area contributed by atoms with Crippen LogP contribution in [0.4, 0.5) is 5.82 Å². The molecule has 0 fully saturated rings. The summed E-state index contributed by atoms with van der Waals surface area (Å²) in [5.41, 5.74) is 1.78. The number of anilines is 1. The average molecular weight is 249 g/mol. The molecule has 0 radical (unpaired) electrons. The van der Waals surface area contributed by atoms with Gasteiger partial charge in [-0.15, -0.1) is 0 Å². The molecule has 0 bridgehead atoms. The Labute approximate surface area is 103 Å². The highest BCUT2D eigenvalue weighted by Gasteiger charge is 1.98. The van der Waals surface area contributed by atoms with Gasteiger partial charge >= 0.3 is 0 Å². The van der Waals surface area contributed by atoms with Gasteiger partial charge in [0.2, 0.25) is 0 Å². The summed E-state index contributed by atoms with van der Waals surface area (Å²) in [7, 11) is -0.722. The Bertz CT molecular complexity index is 530. The normalized spacial score (nSPS) is 12.5. The smallest absolute Gasteiger partial charge is 0.145 e. The zero-order valence-electron chi connectivity index (χ0n) is 9.72. The summed E-state index contributed by atoms with van der Waals surface area (Å²) >= 11 is 0. The molecule has 0 amide bonds. The predicted molar refractivity (Wildman–Crippen MR) is 71.6 cm³/mol. The minimum Gasteiger partial charge on any atom is -0.369 e. The monoisotopic (exact) mass is 249 g/mol. The summed E-state index contributed by atoms with van der Waals surface area (Å²) in [6, 6.07) is 7.77. The lowest BCUT2D eigenvalue weighted by molar-refractivity contribution is 0.685. The fourth-order valence-electron chi connectivity index (χ4n) is 1.53. The maximum atomic E-state index is 10.9. The highest BCUT2D eigenvalue weighted by Crippen LogP contribution is 2.10. The summed E-state index contributed by atoms with van der Waals surface area (Å²) in [5, 5.41) is 3.18. The van der Waals surface area contributed by atoms with Crippen molar-refractivity contribution in [1.82, 2.24) is 9.97 Å². The van der Waals surface area contributed by atoms with Crippen LogP contribution in [0.3, 0.4) is 0 Å². The van der Waals surface area contributed by atoms with Crippen LogP contribution in [0.25, 0.3) is 11.0 Å². The van der Waals surface area contributed by atoms with Crippen LogP contribution >= 0.6 is 0 Å². The first-order valence-electron chi connectivity index (χ1n) is 5.51. The van der Waals surface area contributed by atoms with Crippen LogP contribution in [0.15, 0.2) is 30.5 Å². The van der Waals surface area contributed by atoms with Crippen LogP contribution in [0.1, 0.15) is 6.42 Å². The standard InChI is InChI=1S/C12H15N3OS/c1-17(16)8-4-7-13-12-9-14-10-5-2-3-6-11(10)15-12/h2-3,5-6,9H,4,7-8H2,1H3,(H,13,15). The van der Waals surface area contributed by atoms with Gasteiger partial charge in [-0.3, -0.25) is 9.19 Å². The number of fused-ring (bicyclic) bond motifs is 1. The number of nitrogens with zero attached hydrogens (tertiary/aromatic N) is 2. The number of aromatic nitrogens is 2. The van der Waals surface area contributed by atoms with Gasteiger partial charge in [-0.25, -0.2) is 4.98 Å². The molecular weight excluding hydrogens is 234 g/mol. The lowest BCUT2D eigenvalue weighted by Crippen LogP contribution is -2.07. The van der Waals surface area contributed by atoms with Crippen LogP contribution < -0.4 is 5.32 Å². The maximum absolute atomic E-state index is 10.9. The van der Waals surface area contributed by atoms with Crippen molar-refractivity contribution in [2.45, 2.75) is 6.42 Å². The molecule has 5 heteroatoms. The second-order valence-corrected chi connectivity index (χ2v) is 5.36. The molecule has 1 atom stereocenters. The van der Waals surface area contributed by atoms with Crippen molar-refractivity contribution in [3.05, 3.63) is 30.5 Å². The summed E-state index contributed by atoms with van der Waals surface area (Å²) in [5.74, 6) is 1.49. The number of nitrogens with one attached hydrogen (secondary N) is 1. The van der Waals surface area contributed by atoms with Crippen molar-refractivity contribution in [2.24, 2.45) is 0 Å². The topological polar surface area (TPSA) is 54.9 Å². The van der Waals surface area contributed by atoms with Crippen LogP contribution in [-0.4, -0.2) is 32.7 Å². The quantitative estimate of drug-likeness (QED) is 0.821. The lowest BCUT2D eigenvalue weighted by Gasteiger charge is -2.05. The fraction of sp³-hybridized carbons (Fsp3) is 0.333. The maximum Gasteiger partial charge on any atom is 0.145 e. The number of para-hydroxylation sites is 2. The van der Waals surface area contributed by atoms with Crippen LogP contribution in [0.2, 0.25) is 0 Å². The summed E-state index contributed by atoms with van der Waals surface area (Å²) in [6.07, 6.45) is 4.32. The van der Waals surface area contributed by atoms with Gasteiger partial charge in [0, 0.05) is 29.4 Å². The van der Waals surface area contributed by atoms with Gasteiger partial charge in [-0.1, -0.05) is 12.1 Å². The molecule has 0 aliphatic heterocycles. The average Bonchev–Trinajstić information content (AvgIpc) is 2.34. The van der Waals surface area contributed by atoms with Gasteiger partial charge in [0.05, 0.1) is 17.2 Å². The highest BCUT2D eigenvalue weighted by atomic mass is 32.2. The first-order chi connectivity index (χ1) is 8.25. The summed E-state index contributed by atoms with van der Waals surface area (Å²) in [6.45, 7) is 0.770. The second kappa shape index (κ2) is 5.72. The van der Waals surface area contributed by atoms with Gasteiger partial charge in [0.15, 0.2) is 0 Å². The van der Waals surface area contributed by atoms with E-state index in [1.165, 1.54) is 0 Å². The molecule has 0 saturated carbocycles. The van der Waals surface area contributed by atoms with Crippen molar-refractivity contribution in [1.29, 1.82) is 0 Å². The third-order valence-corrected chi connectivity index (χ3v) is 3.23. The van der Waals surface area contributed by atoms with Crippen molar-refractivity contribution in [2.75, 3.05) is 23.9 Å². The van der Waals surface area contributed by atoms with E-state index in [1.807, 2.05) is 24.3 Å². The fourth-order valence-corrected chi connectivity index (χ4v) is 2.09. The molecule has 0 spiro atoms. The zero-order chi connectivity index (χ0) is 12.1. The first kappa shape index (κ1) is 12.0. The number of benzene rings is 1. The summed E-state index contributed by atoms with van der Waals surface area (Å²) in [4.78, 5) is 8.75. The molecule has 1 aromatic heterocycles. The molecule has 2 aromatic rings. The molecule has 1 unspecified atom stereocenters. The van der Waals surface area contributed by atoms with E-state index in [1.54, 1.807) is 12.5 Å². The Balaban J connectivity index is 1.97. The van der Waals surface area contributed by atoms with Crippen molar-refractivity contribution in [3.63, 3.8) is 0 Å². The Hall–Kier alpha value is -1.49. The molecule has 4 nitrogen and oxygen atoms in total. The third-order valence-electron chi connectivity index (χ3n) is 2.36. The van der Waals surface area contributed by atoms with Crippen LogP contribution in [0.5, 0.6) is 0 Å². The zero-order valence-corrected chi connectivity index (χ0v) is 10.5. The first-order valence-corrected chi connectivity index (χ1v) is 7.24. The number of hydrogen-bond donors (Lipinski definition) is 1. The number of rotatable bonds is 5. The van der Waals surface area contributed by atoms with Gasteiger partial charge < -0.3 is 5.32 Å². The lowest BCUT2D eigenvalue weighted by atomic mass is 10.3. The Kier molecular flexibility index (Phi) is 4.03. The van der Waals surface area contributed by atoms with E-state index in [2.05, 4.69) is 15.3 Å². The third kappa shape index (κ3) is 3.49. The van der Waals surface area contributed by atoms with E-state index in [-0.39, 0.29) is 0 Å². The molecule has 1 aromatic carbocycles. The molecular formula is C12H15N3OS. The van der Waals surface area contributed by atoms with Crippen LogP contribution in [0, 0.1) is 0 Å². The Morgan fingerprint density at radius 2 is 2.06 bits per heavy atom. The number of hydrogen-bond acceptors (Lipinski definition) is 4. The van der Waals surface area contributed by atoms with Gasteiger partial charge in [0.1, 0.15) is 5.82 Å². The Morgan fingerprint density at radius 1 is 1.29 bits per heavy atom. The second-order valence-electron chi connectivity index (χ2n) is 3.80. The van der Waals surface area contributed by atoms with E-state index in [9.17, 15) is 4.21 Å². The van der Waals surface area contributed by atoms with E-state index in [4.69, 9.17) is 0 Å². The van der Waals surface area contributed by atoms with Crippen molar-refractivity contribution in [3.8, 4) is 0 Å². The minimum absolute atomic E-state index is 0.716. The van der Waals surface area contributed by atoms with E-state index in [0.29, 0.717) is 5.75 Å². The van der Waals surface area contributed by atoms with E-state index in [0.717, 1.165) is 29.8 Å². The van der Waals surface area contributed by atoms with Crippen molar-refractivity contribution < 1.29 is 4.21 Å². The van der Waals surface area contributed by atoms with E-state index < -0.39 is 10.8 Å². The molecule has 17 heavy (non-hydrogen) atoms. The van der Waals surface area contributed by atoms with Gasteiger partial charge in [-0.05, 0) is 18.6 Å². The van der Waals surface area contributed by atoms with E-state index >= 15 is 0 Å². The van der Waals surface area contributed by atoms with Gasteiger partial charge in [0.25, 0.3) is 0 Å². The van der Waals surface area contributed by atoms with Gasteiger partial charge in [-0.2, -0.15) is 0 Å². The molecule has 0 saturated heterocycles. The SMILES string of the molecule is CS(=O)CCCNc1cnc2ccccc2n1. The van der Waals surface area contributed by atoms with Crippen LogP contribution in [-0.2, 0) is 10.8 Å². The molecule has 2 rings (SSSR count).